The molecule has 2 unspecified atom stereocenters. The zero-order valence-electron chi connectivity index (χ0n) is 10.9. The number of halogens is 1. The Kier molecular flexibility index (Phi) is 5.02. The van der Waals surface area contributed by atoms with E-state index in [9.17, 15) is 0 Å². The third-order valence-electron chi connectivity index (χ3n) is 3.42. The zero-order valence-corrected chi connectivity index (χ0v) is 12.5. The minimum absolute atomic E-state index is 0.186. The number of hydrogen-bond donors (Lipinski definition) is 1. The van der Waals surface area contributed by atoms with Crippen molar-refractivity contribution in [3.63, 3.8) is 0 Å². The second-order valence-corrected chi connectivity index (χ2v) is 5.62. The monoisotopic (exact) mass is 299 g/mol. The van der Waals surface area contributed by atoms with E-state index in [1.165, 1.54) is 0 Å². The Hall–Kier alpha value is -0.840. The van der Waals surface area contributed by atoms with E-state index in [2.05, 4.69) is 0 Å². The number of methoxy groups -OCH3 is 1. The highest BCUT2D eigenvalue weighted by molar-refractivity contribution is 7.80. The molecule has 1 fully saturated rings. The maximum absolute atomic E-state index is 6.13. The predicted octanol–water partition coefficient (Wildman–Crippen LogP) is 3.31. The van der Waals surface area contributed by atoms with E-state index >= 15 is 0 Å². The van der Waals surface area contributed by atoms with Crippen LogP contribution in [-0.2, 0) is 4.74 Å². The largest absolute Gasteiger partial charge is 0.490 e. The van der Waals surface area contributed by atoms with Gasteiger partial charge in [-0.3, -0.25) is 0 Å². The van der Waals surface area contributed by atoms with E-state index in [0.29, 0.717) is 21.7 Å². The maximum Gasteiger partial charge on any atom is 0.121 e. The van der Waals surface area contributed by atoms with Gasteiger partial charge < -0.3 is 15.2 Å². The van der Waals surface area contributed by atoms with Gasteiger partial charge in [-0.25, -0.2) is 0 Å². The minimum Gasteiger partial charge on any atom is -0.490 e. The molecule has 0 aliphatic heterocycles. The normalized spacial score (nSPS) is 23.1. The number of thiocarbonyl (C=S) groups is 1. The molecule has 5 heteroatoms. The van der Waals surface area contributed by atoms with Gasteiger partial charge in [0.15, 0.2) is 0 Å². The molecule has 2 N–H and O–H groups in total. The molecule has 1 aliphatic carbocycles. The Morgan fingerprint density at radius 3 is 2.74 bits per heavy atom. The van der Waals surface area contributed by atoms with Crippen molar-refractivity contribution in [1.82, 2.24) is 0 Å². The molecular formula is C14H18ClNO2S. The van der Waals surface area contributed by atoms with Crippen LogP contribution >= 0.6 is 23.8 Å². The highest BCUT2D eigenvalue weighted by atomic mass is 35.5. The summed E-state index contributed by atoms with van der Waals surface area (Å²) in [6.45, 7) is 0. The topological polar surface area (TPSA) is 44.5 Å². The third-order valence-corrected chi connectivity index (χ3v) is 3.95. The average Bonchev–Trinajstić information content (AvgIpc) is 2.38. The minimum atomic E-state index is 0.186. The van der Waals surface area contributed by atoms with E-state index in [1.54, 1.807) is 19.2 Å². The van der Waals surface area contributed by atoms with Crippen LogP contribution in [-0.4, -0.2) is 24.3 Å². The lowest BCUT2D eigenvalue weighted by Gasteiger charge is -2.28. The smallest absolute Gasteiger partial charge is 0.121 e. The first kappa shape index (κ1) is 14.6. The molecule has 104 valence electrons. The maximum atomic E-state index is 6.13. The van der Waals surface area contributed by atoms with Gasteiger partial charge in [-0.2, -0.15) is 0 Å². The van der Waals surface area contributed by atoms with Crippen molar-refractivity contribution in [3.8, 4) is 5.75 Å². The van der Waals surface area contributed by atoms with Crippen LogP contribution in [0.3, 0.4) is 0 Å². The average molecular weight is 300 g/mol. The molecule has 1 aromatic carbocycles. The SMILES string of the molecule is COC1CCCC(Oc2ccc(C(N)=S)c(Cl)c2)C1. The van der Waals surface area contributed by atoms with Gasteiger partial charge in [0.05, 0.1) is 11.1 Å². The second-order valence-electron chi connectivity index (χ2n) is 4.77. The third kappa shape index (κ3) is 3.81. The molecule has 0 heterocycles. The number of rotatable bonds is 4. The van der Waals surface area contributed by atoms with Crippen LogP contribution in [0.1, 0.15) is 31.2 Å². The van der Waals surface area contributed by atoms with Crippen molar-refractivity contribution in [1.29, 1.82) is 0 Å². The predicted molar refractivity (Wildman–Crippen MR) is 81.0 cm³/mol. The summed E-state index contributed by atoms with van der Waals surface area (Å²) in [5.74, 6) is 0.756. The molecule has 1 saturated carbocycles. The highest BCUT2D eigenvalue weighted by Crippen LogP contribution is 2.28. The van der Waals surface area contributed by atoms with E-state index < -0.39 is 0 Å². The standard InChI is InChI=1S/C14H18ClNO2S/c1-17-9-3-2-4-10(7-9)18-11-5-6-12(14(16)19)13(15)8-11/h5-6,8-10H,2-4,7H2,1H3,(H2,16,19). The van der Waals surface area contributed by atoms with Crippen LogP contribution in [0.5, 0.6) is 5.75 Å². The molecular weight excluding hydrogens is 282 g/mol. The molecule has 0 aromatic heterocycles. The molecule has 0 bridgehead atoms. The van der Waals surface area contributed by atoms with Gasteiger partial charge in [-0.05, 0) is 37.5 Å². The molecule has 0 spiro atoms. The lowest BCUT2D eigenvalue weighted by Crippen LogP contribution is -2.29. The molecule has 2 atom stereocenters. The summed E-state index contributed by atoms with van der Waals surface area (Å²) >= 11 is 11.0. The van der Waals surface area contributed by atoms with Gasteiger partial charge in [0.1, 0.15) is 16.8 Å². The first-order valence-electron chi connectivity index (χ1n) is 6.39. The molecule has 1 aliphatic rings. The van der Waals surface area contributed by atoms with Crippen LogP contribution in [0, 0.1) is 0 Å². The number of ether oxygens (including phenoxy) is 2. The van der Waals surface area contributed by atoms with E-state index in [-0.39, 0.29) is 6.10 Å². The lowest BCUT2D eigenvalue weighted by molar-refractivity contribution is 0.0210. The Bertz CT molecular complexity index is 467. The number of nitrogens with two attached hydrogens (primary N) is 1. The van der Waals surface area contributed by atoms with Gasteiger partial charge in [-0.15, -0.1) is 0 Å². The van der Waals surface area contributed by atoms with Gasteiger partial charge in [0.25, 0.3) is 0 Å². The van der Waals surface area contributed by atoms with Crippen molar-refractivity contribution >= 4 is 28.8 Å². The van der Waals surface area contributed by atoms with Crippen LogP contribution in [0.2, 0.25) is 5.02 Å². The van der Waals surface area contributed by atoms with E-state index in [0.717, 1.165) is 31.4 Å². The molecule has 0 amide bonds. The second kappa shape index (κ2) is 6.55. The summed E-state index contributed by atoms with van der Waals surface area (Å²) in [6.07, 6.45) is 4.69. The molecule has 1 aromatic rings. The van der Waals surface area contributed by atoms with E-state index in [4.69, 9.17) is 39.0 Å². The number of hydrogen-bond acceptors (Lipinski definition) is 3. The van der Waals surface area contributed by atoms with Crippen LogP contribution in [0.15, 0.2) is 18.2 Å². The van der Waals surface area contributed by atoms with Gasteiger partial charge in [0.2, 0.25) is 0 Å². The van der Waals surface area contributed by atoms with Crippen LogP contribution < -0.4 is 10.5 Å². The summed E-state index contributed by atoms with van der Waals surface area (Å²) in [6, 6.07) is 5.43. The fourth-order valence-corrected chi connectivity index (χ4v) is 2.89. The molecule has 0 radical (unpaired) electrons. The summed E-state index contributed by atoms with van der Waals surface area (Å²) in [4.78, 5) is 0.300. The van der Waals surface area contributed by atoms with Crippen LogP contribution in [0.4, 0.5) is 0 Å². The van der Waals surface area contributed by atoms with Crippen molar-refractivity contribution in [2.24, 2.45) is 5.73 Å². The highest BCUT2D eigenvalue weighted by Gasteiger charge is 2.23. The van der Waals surface area contributed by atoms with Crippen molar-refractivity contribution < 1.29 is 9.47 Å². The quantitative estimate of drug-likeness (QED) is 0.866. The molecule has 3 nitrogen and oxygen atoms in total. The first-order chi connectivity index (χ1) is 9.10. The van der Waals surface area contributed by atoms with Gasteiger partial charge >= 0.3 is 0 Å². The zero-order chi connectivity index (χ0) is 13.8. The van der Waals surface area contributed by atoms with Crippen LogP contribution in [0.25, 0.3) is 0 Å². The first-order valence-corrected chi connectivity index (χ1v) is 7.17. The summed E-state index contributed by atoms with van der Waals surface area (Å²) in [7, 11) is 1.75. The van der Waals surface area contributed by atoms with Crippen molar-refractivity contribution in [2.75, 3.05) is 7.11 Å². The number of benzene rings is 1. The van der Waals surface area contributed by atoms with E-state index in [1.807, 2.05) is 6.07 Å². The lowest BCUT2D eigenvalue weighted by atomic mass is 9.95. The molecule has 2 rings (SSSR count). The Balaban J connectivity index is 2.03. The Morgan fingerprint density at radius 1 is 1.37 bits per heavy atom. The molecule has 19 heavy (non-hydrogen) atoms. The fourth-order valence-electron chi connectivity index (χ4n) is 2.38. The Labute approximate surface area is 124 Å². The summed E-state index contributed by atoms with van der Waals surface area (Å²) in [5, 5.41) is 0.532. The Morgan fingerprint density at radius 2 is 2.11 bits per heavy atom. The van der Waals surface area contributed by atoms with Crippen molar-refractivity contribution in [2.45, 2.75) is 37.9 Å². The van der Waals surface area contributed by atoms with Gasteiger partial charge in [0, 0.05) is 19.1 Å². The summed E-state index contributed by atoms with van der Waals surface area (Å²) < 4.78 is 11.3. The summed E-state index contributed by atoms with van der Waals surface area (Å²) in [5.41, 5.74) is 6.26. The fraction of sp³-hybridized carbons (Fsp3) is 0.500. The van der Waals surface area contributed by atoms with Gasteiger partial charge in [-0.1, -0.05) is 23.8 Å². The van der Waals surface area contributed by atoms with Crippen molar-refractivity contribution in [3.05, 3.63) is 28.8 Å². The molecule has 0 saturated heterocycles.